The Morgan fingerprint density at radius 1 is 1.44 bits per heavy atom. The number of hydrogen-bond donors (Lipinski definition) is 2. The highest BCUT2D eigenvalue weighted by molar-refractivity contribution is 5.71. The number of halogens is 1. The Hall–Kier alpha value is -1.86. The summed E-state index contributed by atoms with van der Waals surface area (Å²) in [6, 6.07) is 3.81. The van der Waals surface area contributed by atoms with Crippen molar-refractivity contribution in [2.45, 2.75) is 12.8 Å². The van der Waals surface area contributed by atoms with E-state index >= 15 is 0 Å². The van der Waals surface area contributed by atoms with E-state index in [1.807, 2.05) is 0 Å². The molecule has 0 heterocycles. The van der Waals surface area contributed by atoms with E-state index < -0.39 is 11.8 Å². The molecule has 0 saturated carbocycles. The lowest BCUT2D eigenvalue weighted by Gasteiger charge is -2.01. The molecule has 0 spiro atoms. The van der Waals surface area contributed by atoms with Crippen LogP contribution in [0.3, 0.4) is 0 Å². The Balaban J connectivity index is 2.99. The van der Waals surface area contributed by atoms with Crippen LogP contribution < -0.4 is 0 Å². The Morgan fingerprint density at radius 2 is 2.19 bits per heavy atom. The molecule has 0 bridgehead atoms. The van der Waals surface area contributed by atoms with Crippen LogP contribution in [0.4, 0.5) is 4.39 Å². The van der Waals surface area contributed by atoms with Crippen LogP contribution in [-0.2, 0) is 11.2 Å². The molecule has 16 heavy (non-hydrogen) atoms. The van der Waals surface area contributed by atoms with E-state index in [9.17, 15) is 9.18 Å². The van der Waals surface area contributed by atoms with Gasteiger partial charge >= 0.3 is 5.97 Å². The molecule has 3 nitrogen and oxygen atoms in total. The third-order valence-electron chi connectivity index (χ3n) is 1.87. The molecule has 0 atom stereocenters. The highest BCUT2D eigenvalue weighted by Gasteiger charge is 2.06. The number of aliphatic hydroxyl groups is 1. The lowest BCUT2D eigenvalue weighted by Crippen LogP contribution is -2.02. The van der Waals surface area contributed by atoms with E-state index in [2.05, 4.69) is 11.8 Å². The topological polar surface area (TPSA) is 57.5 Å². The van der Waals surface area contributed by atoms with Gasteiger partial charge in [-0.1, -0.05) is 17.9 Å². The molecule has 0 unspecified atom stereocenters. The van der Waals surface area contributed by atoms with Crippen LogP contribution in [0.25, 0.3) is 0 Å². The zero-order valence-corrected chi connectivity index (χ0v) is 8.53. The first-order valence-electron chi connectivity index (χ1n) is 4.73. The molecule has 0 aromatic heterocycles. The number of hydrogen-bond acceptors (Lipinski definition) is 2. The summed E-state index contributed by atoms with van der Waals surface area (Å²) in [6.07, 6.45) is 0.0897. The number of carbonyl (C=O) groups is 1. The van der Waals surface area contributed by atoms with Crippen LogP contribution in [0.1, 0.15) is 17.5 Å². The van der Waals surface area contributed by atoms with Gasteiger partial charge in [-0.05, 0) is 17.7 Å². The lowest BCUT2D eigenvalue weighted by molar-refractivity contribution is -0.136. The van der Waals surface area contributed by atoms with Gasteiger partial charge in [-0.3, -0.25) is 4.79 Å². The van der Waals surface area contributed by atoms with Gasteiger partial charge in [-0.15, -0.1) is 0 Å². The summed E-state index contributed by atoms with van der Waals surface area (Å²) in [5, 5.41) is 17.2. The maximum absolute atomic E-state index is 12.9. The van der Waals surface area contributed by atoms with Crippen molar-refractivity contribution in [3.63, 3.8) is 0 Å². The first-order chi connectivity index (χ1) is 7.63. The van der Waals surface area contributed by atoms with Gasteiger partial charge in [0, 0.05) is 12.0 Å². The highest BCUT2D eigenvalue weighted by Crippen LogP contribution is 2.11. The Kier molecular flexibility index (Phi) is 4.49. The largest absolute Gasteiger partial charge is 0.481 e. The van der Waals surface area contributed by atoms with Crippen LogP contribution in [0, 0.1) is 17.7 Å². The zero-order valence-electron chi connectivity index (χ0n) is 8.53. The van der Waals surface area contributed by atoms with Crippen molar-refractivity contribution in [3.05, 3.63) is 35.1 Å². The summed E-state index contributed by atoms with van der Waals surface area (Å²) in [4.78, 5) is 10.6. The molecule has 0 aliphatic carbocycles. The fourth-order valence-electron chi connectivity index (χ4n) is 1.20. The summed E-state index contributed by atoms with van der Waals surface area (Å²) in [5.41, 5.74) is 0.829. The van der Waals surface area contributed by atoms with E-state index in [0.717, 1.165) is 0 Å². The van der Waals surface area contributed by atoms with Crippen molar-refractivity contribution in [1.29, 1.82) is 0 Å². The molecule has 4 heteroatoms. The van der Waals surface area contributed by atoms with Gasteiger partial charge in [-0.2, -0.15) is 0 Å². The van der Waals surface area contributed by atoms with E-state index in [1.165, 1.54) is 18.2 Å². The quantitative estimate of drug-likeness (QED) is 0.755. The standard InChI is InChI=1S/C12H11FO3/c13-11-5-4-10(8-12(15)16)9(7-11)3-1-2-6-14/h4-5,7,14H,2,6,8H2,(H,15,16). The molecule has 0 saturated heterocycles. The van der Waals surface area contributed by atoms with Crippen molar-refractivity contribution in [2.75, 3.05) is 6.61 Å². The maximum atomic E-state index is 12.9. The third-order valence-corrected chi connectivity index (χ3v) is 1.87. The number of aliphatic carboxylic acids is 1. The molecule has 0 radical (unpaired) electrons. The molecule has 0 fully saturated rings. The summed E-state index contributed by atoms with van der Waals surface area (Å²) in [7, 11) is 0. The van der Waals surface area contributed by atoms with E-state index in [-0.39, 0.29) is 19.4 Å². The summed E-state index contributed by atoms with van der Waals surface area (Å²) in [5.74, 6) is 3.83. The van der Waals surface area contributed by atoms with Gasteiger partial charge in [0.1, 0.15) is 5.82 Å². The summed E-state index contributed by atoms with van der Waals surface area (Å²) < 4.78 is 12.9. The average Bonchev–Trinajstić information content (AvgIpc) is 2.22. The fraction of sp³-hybridized carbons (Fsp3) is 0.250. The van der Waals surface area contributed by atoms with Gasteiger partial charge in [-0.25, -0.2) is 4.39 Å². The minimum absolute atomic E-state index is 0.0728. The predicted octanol–water partition coefficient (Wildman–Crippen LogP) is 1.19. The van der Waals surface area contributed by atoms with Crippen molar-refractivity contribution < 1.29 is 19.4 Å². The maximum Gasteiger partial charge on any atom is 0.307 e. The lowest BCUT2D eigenvalue weighted by atomic mass is 10.0. The third kappa shape index (κ3) is 3.71. The molecule has 0 amide bonds. The van der Waals surface area contributed by atoms with Crippen molar-refractivity contribution in [1.82, 2.24) is 0 Å². The van der Waals surface area contributed by atoms with E-state index in [0.29, 0.717) is 11.1 Å². The molecule has 2 N–H and O–H groups in total. The van der Waals surface area contributed by atoms with Crippen LogP contribution >= 0.6 is 0 Å². The van der Waals surface area contributed by atoms with Gasteiger partial charge in [0.05, 0.1) is 13.0 Å². The first kappa shape index (κ1) is 12.2. The van der Waals surface area contributed by atoms with Crippen molar-refractivity contribution in [2.24, 2.45) is 0 Å². The number of benzene rings is 1. The molecular weight excluding hydrogens is 211 g/mol. The predicted molar refractivity (Wildman–Crippen MR) is 56.3 cm³/mol. The van der Waals surface area contributed by atoms with E-state index in [1.54, 1.807) is 0 Å². The van der Waals surface area contributed by atoms with Gasteiger partial charge in [0.15, 0.2) is 0 Å². The molecule has 1 rings (SSSR count). The zero-order chi connectivity index (χ0) is 12.0. The SMILES string of the molecule is O=C(O)Cc1ccc(F)cc1C#CCCO. The molecule has 0 aliphatic rings. The average molecular weight is 222 g/mol. The number of carboxylic acids is 1. The molecule has 0 aliphatic heterocycles. The van der Waals surface area contributed by atoms with Crippen molar-refractivity contribution >= 4 is 5.97 Å². The minimum Gasteiger partial charge on any atom is -0.481 e. The van der Waals surface area contributed by atoms with Crippen LogP contribution in [0.15, 0.2) is 18.2 Å². The van der Waals surface area contributed by atoms with Gasteiger partial charge in [0.2, 0.25) is 0 Å². The summed E-state index contributed by atoms with van der Waals surface area (Å²) in [6.45, 7) is -0.0728. The molecule has 1 aromatic rings. The smallest absolute Gasteiger partial charge is 0.307 e. The second kappa shape index (κ2) is 5.89. The van der Waals surface area contributed by atoms with Crippen LogP contribution in [-0.4, -0.2) is 22.8 Å². The Labute approximate surface area is 92.5 Å². The van der Waals surface area contributed by atoms with Gasteiger partial charge < -0.3 is 10.2 Å². The fourth-order valence-corrected chi connectivity index (χ4v) is 1.20. The number of carboxylic acid groups (broad SMARTS) is 1. The van der Waals surface area contributed by atoms with Crippen LogP contribution in [0.5, 0.6) is 0 Å². The second-order valence-electron chi connectivity index (χ2n) is 3.15. The Morgan fingerprint density at radius 3 is 2.81 bits per heavy atom. The normalized spacial score (nSPS) is 9.38. The van der Waals surface area contributed by atoms with Gasteiger partial charge in [0.25, 0.3) is 0 Å². The summed E-state index contributed by atoms with van der Waals surface area (Å²) >= 11 is 0. The van der Waals surface area contributed by atoms with E-state index in [4.69, 9.17) is 10.2 Å². The minimum atomic E-state index is -0.989. The molecular formula is C12H11FO3. The highest BCUT2D eigenvalue weighted by atomic mass is 19.1. The second-order valence-corrected chi connectivity index (χ2v) is 3.15. The van der Waals surface area contributed by atoms with Crippen LogP contribution in [0.2, 0.25) is 0 Å². The monoisotopic (exact) mass is 222 g/mol. The molecule has 1 aromatic carbocycles. The molecule has 84 valence electrons. The van der Waals surface area contributed by atoms with Crippen molar-refractivity contribution in [3.8, 4) is 11.8 Å². The first-order valence-corrected chi connectivity index (χ1v) is 4.73. The Bertz CT molecular complexity index is 443. The number of aliphatic hydroxyl groups excluding tert-OH is 1. The number of rotatable bonds is 3.